The van der Waals surface area contributed by atoms with Gasteiger partial charge in [-0.05, 0) is 115 Å². The summed E-state index contributed by atoms with van der Waals surface area (Å²) >= 11 is 0. The van der Waals surface area contributed by atoms with Crippen LogP contribution in [0.3, 0.4) is 0 Å². The van der Waals surface area contributed by atoms with Crippen molar-refractivity contribution in [2.24, 2.45) is 16.7 Å². The first-order valence-electron chi connectivity index (χ1n) is 15.9. The molecule has 1 atom stereocenters. The highest BCUT2D eigenvalue weighted by molar-refractivity contribution is 5.33. The van der Waals surface area contributed by atoms with E-state index in [4.69, 9.17) is 0 Å². The van der Waals surface area contributed by atoms with Crippen molar-refractivity contribution in [1.29, 1.82) is 0 Å². The van der Waals surface area contributed by atoms with E-state index < -0.39 is 0 Å². The fourth-order valence-electron chi connectivity index (χ4n) is 6.26. The van der Waals surface area contributed by atoms with E-state index in [0.29, 0.717) is 16.7 Å². The van der Waals surface area contributed by atoms with Crippen LogP contribution in [0.25, 0.3) is 0 Å². The molecule has 0 aromatic carbocycles. The minimum absolute atomic E-state index is 0.321. The van der Waals surface area contributed by atoms with Gasteiger partial charge in [0.2, 0.25) is 0 Å². The molecule has 0 spiro atoms. The summed E-state index contributed by atoms with van der Waals surface area (Å²) in [6.07, 6.45) is 36.1. The lowest BCUT2D eigenvalue weighted by molar-refractivity contribution is 0.360. The Morgan fingerprint density at radius 3 is 1.98 bits per heavy atom. The molecular formula is C40H60. The van der Waals surface area contributed by atoms with Crippen molar-refractivity contribution in [1.82, 2.24) is 0 Å². The summed E-state index contributed by atoms with van der Waals surface area (Å²) in [4.78, 5) is 0. The van der Waals surface area contributed by atoms with E-state index >= 15 is 0 Å². The molecule has 0 nitrogen and oxygen atoms in total. The van der Waals surface area contributed by atoms with E-state index in [0.717, 1.165) is 19.3 Å². The summed E-state index contributed by atoms with van der Waals surface area (Å²) in [7, 11) is 0. The molecule has 0 radical (unpaired) electrons. The maximum absolute atomic E-state index is 2.45. The molecule has 0 N–H and O–H groups in total. The van der Waals surface area contributed by atoms with Crippen LogP contribution in [-0.4, -0.2) is 0 Å². The zero-order valence-corrected chi connectivity index (χ0v) is 27.8. The van der Waals surface area contributed by atoms with Gasteiger partial charge in [0.05, 0.1) is 0 Å². The summed E-state index contributed by atoms with van der Waals surface area (Å²) in [5.74, 6) is 0.550. The van der Waals surface area contributed by atoms with Crippen LogP contribution in [0.4, 0.5) is 0 Å². The van der Waals surface area contributed by atoms with Crippen molar-refractivity contribution in [2.75, 3.05) is 0 Å². The van der Waals surface area contributed by atoms with Gasteiger partial charge in [-0.15, -0.1) is 0 Å². The molecule has 0 aromatic heterocycles. The molecule has 2 aliphatic rings. The van der Waals surface area contributed by atoms with Crippen LogP contribution in [0.1, 0.15) is 127 Å². The van der Waals surface area contributed by atoms with Crippen LogP contribution in [0.5, 0.6) is 0 Å². The number of allylic oxidation sites excluding steroid dienone is 18. The summed E-state index contributed by atoms with van der Waals surface area (Å²) in [5, 5.41) is 0. The molecule has 0 saturated carbocycles. The molecule has 0 heterocycles. The van der Waals surface area contributed by atoms with Crippen LogP contribution >= 0.6 is 0 Å². The largest absolute Gasteiger partial charge is 0.0837 e. The van der Waals surface area contributed by atoms with Gasteiger partial charge in [-0.25, -0.2) is 0 Å². The van der Waals surface area contributed by atoms with Gasteiger partial charge >= 0.3 is 0 Å². The fraction of sp³-hybridized carbons (Fsp3) is 0.550. The molecule has 2 aliphatic carbocycles. The first-order valence-corrected chi connectivity index (χ1v) is 15.9. The van der Waals surface area contributed by atoms with E-state index in [1.54, 1.807) is 22.3 Å². The lowest BCUT2D eigenvalue weighted by atomic mass is 9.71. The maximum atomic E-state index is 2.45. The lowest BCUT2D eigenvalue weighted by Gasteiger charge is -2.34. The van der Waals surface area contributed by atoms with Crippen LogP contribution in [0, 0.1) is 16.7 Å². The minimum Gasteiger partial charge on any atom is -0.0837 e. The molecule has 1 unspecified atom stereocenters. The van der Waals surface area contributed by atoms with Gasteiger partial charge in [0.1, 0.15) is 0 Å². The Kier molecular flexibility index (Phi) is 13.7. The first kappa shape index (κ1) is 33.9. The molecule has 0 fully saturated rings. The molecule has 0 amide bonds. The van der Waals surface area contributed by atoms with Crippen LogP contribution in [0.2, 0.25) is 0 Å². The summed E-state index contributed by atoms with van der Waals surface area (Å²) in [6.45, 7) is 23.2. The standard InChI is InChI=1S/C40H60/c1-31(19-13-21-33(3)25-27-37-35(5)23-15-29-39(37,7)8)17-11-12-18-32(2)20-14-22-34(4)26-28-38-36(6)24-16-30-40(38,9)10/h11-14,17-20,25-27,33H,15-16,21-24,28-30H2,1-10H3/b12-11-,19-13?,20-14+,27-25+,31-17-,32-18+,34-26+. The van der Waals surface area contributed by atoms with Gasteiger partial charge in [0, 0.05) is 0 Å². The fourth-order valence-corrected chi connectivity index (χ4v) is 6.26. The highest BCUT2D eigenvalue weighted by atomic mass is 14.3. The average molecular weight is 541 g/mol. The predicted molar refractivity (Wildman–Crippen MR) is 182 cm³/mol. The summed E-state index contributed by atoms with van der Waals surface area (Å²) in [6, 6.07) is 0. The smallest absolute Gasteiger partial charge is 0.0104 e. The molecule has 220 valence electrons. The van der Waals surface area contributed by atoms with Crippen molar-refractivity contribution >= 4 is 0 Å². The molecule has 2 rings (SSSR count). The Hall–Kier alpha value is -2.34. The quantitative estimate of drug-likeness (QED) is 0.170. The topological polar surface area (TPSA) is 0 Å². The van der Waals surface area contributed by atoms with E-state index in [1.165, 1.54) is 55.2 Å². The van der Waals surface area contributed by atoms with Crippen LogP contribution < -0.4 is 0 Å². The Labute approximate surface area is 249 Å². The van der Waals surface area contributed by atoms with Gasteiger partial charge in [-0.3, -0.25) is 0 Å². The SMILES string of the molecule is CC1=C(/C=C/C(C)CC=C\C(C)=C/C=C\C=C(C)\C=C\C/C(C)=C/CC2=C(C)CCCC2(C)C)C(C)(C)CCC1. The Bertz CT molecular complexity index is 1110. The van der Waals surface area contributed by atoms with Crippen LogP contribution in [0.15, 0.2) is 106 Å². The third-order valence-corrected chi connectivity index (χ3v) is 9.01. The highest BCUT2D eigenvalue weighted by Gasteiger charge is 2.27. The van der Waals surface area contributed by atoms with Crippen molar-refractivity contribution in [3.05, 3.63) is 106 Å². The first-order chi connectivity index (χ1) is 18.8. The van der Waals surface area contributed by atoms with Crippen molar-refractivity contribution < 1.29 is 0 Å². The average Bonchev–Trinajstić information content (AvgIpc) is 2.85. The minimum atomic E-state index is 0.321. The van der Waals surface area contributed by atoms with Crippen molar-refractivity contribution in [3.63, 3.8) is 0 Å². The third kappa shape index (κ3) is 11.6. The number of rotatable bonds is 12. The van der Waals surface area contributed by atoms with E-state index in [2.05, 4.69) is 136 Å². The molecule has 0 aliphatic heterocycles. The number of hydrogen-bond acceptors (Lipinski definition) is 0. The predicted octanol–water partition coefficient (Wildman–Crippen LogP) is 12.9. The molecule has 0 aromatic rings. The monoisotopic (exact) mass is 540 g/mol. The molecular weight excluding hydrogens is 480 g/mol. The Balaban J connectivity index is 1.79. The molecule has 0 heteroatoms. The normalized spacial score (nSPS) is 22.1. The van der Waals surface area contributed by atoms with Gasteiger partial charge in [0.25, 0.3) is 0 Å². The van der Waals surface area contributed by atoms with E-state index in [9.17, 15) is 0 Å². The number of hydrogen-bond donors (Lipinski definition) is 0. The summed E-state index contributed by atoms with van der Waals surface area (Å²) in [5.41, 5.74) is 11.1. The second-order valence-electron chi connectivity index (χ2n) is 14.0. The zero-order valence-electron chi connectivity index (χ0n) is 27.8. The lowest BCUT2D eigenvalue weighted by Crippen LogP contribution is -2.20. The zero-order chi connectivity index (χ0) is 29.8. The van der Waals surface area contributed by atoms with Gasteiger partial charge in [0.15, 0.2) is 0 Å². The Morgan fingerprint density at radius 2 is 1.38 bits per heavy atom. The molecule has 0 bridgehead atoms. The summed E-state index contributed by atoms with van der Waals surface area (Å²) < 4.78 is 0. The maximum Gasteiger partial charge on any atom is -0.0104 e. The van der Waals surface area contributed by atoms with Crippen molar-refractivity contribution in [2.45, 2.75) is 127 Å². The second-order valence-corrected chi connectivity index (χ2v) is 14.0. The van der Waals surface area contributed by atoms with E-state index in [1.807, 2.05) is 0 Å². The Morgan fingerprint density at radius 1 is 0.800 bits per heavy atom. The van der Waals surface area contributed by atoms with E-state index in [-0.39, 0.29) is 0 Å². The molecule has 40 heavy (non-hydrogen) atoms. The van der Waals surface area contributed by atoms with Gasteiger partial charge in [-0.1, -0.05) is 135 Å². The van der Waals surface area contributed by atoms with Crippen LogP contribution in [-0.2, 0) is 0 Å². The second kappa shape index (κ2) is 16.2. The third-order valence-electron chi connectivity index (χ3n) is 9.01. The van der Waals surface area contributed by atoms with Gasteiger partial charge in [-0.2, -0.15) is 0 Å². The highest BCUT2D eigenvalue weighted by Crippen LogP contribution is 2.42. The van der Waals surface area contributed by atoms with Gasteiger partial charge < -0.3 is 0 Å². The molecule has 0 saturated heterocycles. The van der Waals surface area contributed by atoms with Crippen molar-refractivity contribution in [3.8, 4) is 0 Å².